The molecule has 0 saturated carbocycles. The summed E-state index contributed by atoms with van der Waals surface area (Å²) in [5, 5.41) is 12.3. The number of aliphatic hydroxyl groups excluding tert-OH is 1. The Kier molecular flexibility index (Phi) is 9.32. The monoisotopic (exact) mass is 607 g/mol. The van der Waals surface area contributed by atoms with Crippen LogP contribution >= 0.6 is 0 Å². The van der Waals surface area contributed by atoms with Gasteiger partial charge in [-0.25, -0.2) is 0 Å². The molecule has 7 atom stereocenters. The van der Waals surface area contributed by atoms with E-state index in [0.717, 1.165) is 5.56 Å². The molecule has 2 saturated heterocycles. The van der Waals surface area contributed by atoms with Gasteiger partial charge in [0.15, 0.2) is 0 Å². The van der Waals surface area contributed by atoms with Crippen molar-refractivity contribution in [1.29, 1.82) is 0 Å². The number of hydrogen-bond donors (Lipinski definition) is 2. The first kappa shape index (κ1) is 31.9. The minimum absolute atomic E-state index is 0.0515. The van der Waals surface area contributed by atoms with E-state index in [1.54, 1.807) is 22.8 Å². The van der Waals surface area contributed by atoms with Crippen LogP contribution in [0.25, 0.3) is 0 Å². The number of amides is 3. The average molecular weight is 608 g/mol. The third-order valence-corrected chi connectivity index (χ3v) is 9.22. The summed E-state index contributed by atoms with van der Waals surface area (Å²) in [5.41, 5.74) is -1.17. The molecule has 1 spiro atoms. The quantitative estimate of drug-likeness (QED) is 0.289. The summed E-state index contributed by atoms with van der Waals surface area (Å²) < 4.78 is 12.7. The zero-order valence-electron chi connectivity index (χ0n) is 26.1. The highest BCUT2D eigenvalue weighted by atomic mass is 16.6. The first-order valence-corrected chi connectivity index (χ1v) is 15.8. The molecule has 3 amide bonds. The number of nitrogens with zero attached hydrogens (tertiary/aromatic N) is 2. The van der Waals surface area contributed by atoms with Crippen molar-refractivity contribution in [2.75, 3.05) is 19.7 Å². The zero-order chi connectivity index (χ0) is 31.6. The summed E-state index contributed by atoms with van der Waals surface area (Å²) >= 11 is 0. The first-order valence-electron chi connectivity index (χ1n) is 15.8. The lowest BCUT2D eigenvalue weighted by atomic mass is 9.74. The first-order chi connectivity index (χ1) is 21.0. The Hall–Kier alpha value is -3.50. The van der Waals surface area contributed by atoms with Crippen LogP contribution in [0.3, 0.4) is 0 Å². The molecule has 0 aromatic heterocycles. The van der Waals surface area contributed by atoms with Gasteiger partial charge in [0.2, 0.25) is 17.7 Å². The van der Waals surface area contributed by atoms with E-state index in [-0.39, 0.29) is 30.7 Å². The molecule has 2 fully saturated rings. The molecule has 0 unspecified atom stereocenters. The topological polar surface area (TPSA) is 125 Å². The molecule has 4 heterocycles. The number of rotatable bonds is 6. The standard InChI is InChI=1S/C34H45N3O7/c1-22-28(23-14-8-5-9-15-23)43-32(42)26-24-17-18-34(44-24)27(26)30(40)36(19-11-7-13-21-38)29(34)31(41)37(33(2,3)4)20-12-6-10-16-25(39)35-22/h5-6,8-9,12,14-15,17-18,22,24,26-29,38H,7,10-11,13,16,19-21H2,1-4H3,(H,35,39)/b12-6-/t22-,24+,26-,27-,28+,29+,34-/m0/s1. The number of aliphatic hydroxyl groups is 1. The Balaban J connectivity index is 1.57. The second kappa shape index (κ2) is 12.9. The van der Waals surface area contributed by atoms with Gasteiger partial charge in [-0.05, 0) is 58.9 Å². The molecule has 4 aliphatic rings. The maximum absolute atomic E-state index is 14.6. The van der Waals surface area contributed by atoms with E-state index in [0.29, 0.717) is 38.8 Å². The number of esters is 1. The van der Waals surface area contributed by atoms with Crippen molar-refractivity contribution in [2.24, 2.45) is 11.8 Å². The lowest BCUT2D eigenvalue weighted by Gasteiger charge is -2.41. The van der Waals surface area contributed by atoms with Crippen LogP contribution in [0.1, 0.15) is 71.5 Å². The van der Waals surface area contributed by atoms with E-state index in [1.807, 2.05) is 69.3 Å². The number of ether oxygens (including phenoxy) is 2. The number of nitrogens with one attached hydrogen (secondary N) is 1. The molecule has 10 heteroatoms. The minimum Gasteiger partial charge on any atom is -0.455 e. The smallest absolute Gasteiger partial charge is 0.313 e. The lowest BCUT2D eigenvalue weighted by Crippen LogP contribution is -2.59. The Morgan fingerprint density at radius 3 is 2.48 bits per heavy atom. The highest BCUT2D eigenvalue weighted by Crippen LogP contribution is 2.56. The van der Waals surface area contributed by atoms with Gasteiger partial charge in [0, 0.05) is 31.7 Å². The van der Waals surface area contributed by atoms with Crippen LogP contribution in [-0.4, -0.2) is 87.6 Å². The van der Waals surface area contributed by atoms with Crippen LogP contribution in [0.4, 0.5) is 0 Å². The molecule has 0 radical (unpaired) electrons. The predicted molar refractivity (Wildman–Crippen MR) is 163 cm³/mol. The van der Waals surface area contributed by atoms with Gasteiger partial charge >= 0.3 is 5.97 Å². The van der Waals surface area contributed by atoms with Crippen molar-refractivity contribution in [3.63, 3.8) is 0 Å². The zero-order valence-corrected chi connectivity index (χ0v) is 26.1. The number of allylic oxidation sites excluding steroid dienone is 1. The molecular weight excluding hydrogens is 562 g/mol. The van der Waals surface area contributed by atoms with Crippen molar-refractivity contribution < 1.29 is 33.8 Å². The molecular formula is C34H45N3O7. The molecule has 238 valence electrons. The second-order valence-electron chi connectivity index (χ2n) is 13.3. The van der Waals surface area contributed by atoms with Crippen LogP contribution in [0.15, 0.2) is 54.6 Å². The van der Waals surface area contributed by atoms with Crippen molar-refractivity contribution >= 4 is 23.7 Å². The molecule has 44 heavy (non-hydrogen) atoms. The summed E-state index contributed by atoms with van der Waals surface area (Å²) in [7, 11) is 0. The molecule has 0 aliphatic carbocycles. The number of carbonyl (C=O) groups excluding carboxylic acids is 4. The number of cyclic esters (lactones) is 1. The molecule has 4 aliphatic heterocycles. The summed E-state index contributed by atoms with van der Waals surface area (Å²) in [5.74, 6) is -3.20. The fraction of sp³-hybridized carbons (Fsp3) is 0.588. The third-order valence-electron chi connectivity index (χ3n) is 9.22. The molecule has 10 nitrogen and oxygen atoms in total. The Morgan fingerprint density at radius 1 is 1.02 bits per heavy atom. The van der Waals surface area contributed by atoms with Crippen molar-refractivity contribution in [3.05, 3.63) is 60.2 Å². The third kappa shape index (κ3) is 5.94. The van der Waals surface area contributed by atoms with Crippen LogP contribution in [0, 0.1) is 11.8 Å². The van der Waals surface area contributed by atoms with E-state index in [4.69, 9.17) is 9.47 Å². The second-order valence-corrected chi connectivity index (χ2v) is 13.3. The van der Waals surface area contributed by atoms with E-state index in [1.165, 1.54) is 0 Å². The highest BCUT2D eigenvalue weighted by Gasteiger charge is 2.73. The van der Waals surface area contributed by atoms with Gasteiger partial charge in [-0.15, -0.1) is 0 Å². The lowest BCUT2D eigenvalue weighted by molar-refractivity contribution is -0.161. The van der Waals surface area contributed by atoms with Gasteiger partial charge in [-0.1, -0.05) is 54.6 Å². The highest BCUT2D eigenvalue weighted by molar-refractivity contribution is 5.99. The van der Waals surface area contributed by atoms with Gasteiger partial charge in [0.25, 0.3) is 0 Å². The molecule has 1 aromatic rings. The average Bonchev–Trinajstić information content (AvgIpc) is 3.62. The molecule has 5 bridgehead atoms. The van der Waals surface area contributed by atoms with Crippen LogP contribution in [-0.2, 0) is 28.7 Å². The van der Waals surface area contributed by atoms with Crippen molar-refractivity contribution in [1.82, 2.24) is 15.1 Å². The molecule has 5 rings (SSSR count). The van der Waals surface area contributed by atoms with Gasteiger partial charge < -0.3 is 29.7 Å². The molecule has 1 aromatic carbocycles. The summed E-state index contributed by atoms with van der Waals surface area (Å²) in [6, 6.07) is 7.74. The SMILES string of the molecule is C[C@@H]1NC(=O)CC/C=C\CN(C(C)(C)C)C(=O)[C@H]2N(CCCCCO)C(=O)[C@@H]3[C@@H](C(=O)O[C@H]1c1ccccc1)[C@H]1C=C[C@]32O1. The minimum atomic E-state index is -1.30. The number of likely N-dealkylation sites (tertiary alicyclic amines) is 1. The van der Waals surface area contributed by atoms with Crippen LogP contribution in [0.5, 0.6) is 0 Å². The van der Waals surface area contributed by atoms with Gasteiger partial charge in [-0.2, -0.15) is 0 Å². The molecule has 2 N–H and O–H groups in total. The largest absolute Gasteiger partial charge is 0.455 e. The number of fused-ring (bicyclic) bond motifs is 2. The number of hydrogen-bond acceptors (Lipinski definition) is 7. The van der Waals surface area contributed by atoms with Gasteiger partial charge in [0.1, 0.15) is 23.7 Å². The fourth-order valence-electron chi connectivity index (χ4n) is 7.09. The van der Waals surface area contributed by atoms with E-state index in [2.05, 4.69) is 5.32 Å². The van der Waals surface area contributed by atoms with E-state index in [9.17, 15) is 24.3 Å². The van der Waals surface area contributed by atoms with Crippen molar-refractivity contribution in [2.45, 2.75) is 95.2 Å². The van der Waals surface area contributed by atoms with Gasteiger partial charge in [-0.3, -0.25) is 19.2 Å². The van der Waals surface area contributed by atoms with Crippen molar-refractivity contribution in [3.8, 4) is 0 Å². The Labute approximate surface area is 259 Å². The summed E-state index contributed by atoms with van der Waals surface area (Å²) in [6.07, 6.45) is 8.47. The van der Waals surface area contributed by atoms with Gasteiger partial charge in [0.05, 0.1) is 18.1 Å². The predicted octanol–water partition coefficient (Wildman–Crippen LogP) is 3.07. The summed E-state index contributed by atoms with van der Waals surface area (Å²) in [6.45, 7) is 8.28. The number of unbranched alkanes of at least 4 members (excludes halogenated alkanes) is 2. The van der Waals surface area contributed by atoms with Crippen LogP contribution in [0.2, 0.25) is 0 Å². The fourth-order valence-corrected chi connectivity index (χ4v) is 7.09. The number of benzene rings is 1. The van der Waals surface area contributed by atoms with E-state index >= 15 is 0 Å². The Morgan fingerprint density at radius 2 is 1.77 bits per heavy atom. The maximum Gasteiger partial charge on any atom is 0.313 e. The summed E-state index contributed by atoms with van der Waals surface area (Å²) in [4.78, 5) is 59.2. The normalized spacial score (nSPS) is 33.4. The Bertz CT molecular complexity index is 1310. The van der Waals surface area contributed by atoms with E-state index < -0.39 is 53.2 Å². The number of carbonyl (C=O) groups is 4. The maximum atomic E-state index is 14.6. The van der Waals surface area contributed by atoms with Crippen LogP contribution < -0.4 is 5.32 Å².